The van der Waals surface area contributed by atoms with Gasteiger partial charge in [0.15, 0.2) is 0 Å². The Morgan fingerprint density at radius 3 is 2.56 bits per heavy atom. The molecule has 0 atom stereocenters. The molecule has 1 amide bonds. The topological polar surface area (TPSA) is 29.1 Å². The van der Waals surface area contributed by atoms with Crippen molar-refractivity contribution in [3.8, 4) is 0 Å². The molecule has 18 heavy (non-hydrogen) atoms. The van der Waals surface area contributed by atoms with Crippen LogP contribution in [0.3, 0.4) is 0 Å². The highest BCUT2D eigenvalue weighted by Gasteiger charge is 2.12. The predicted molar refractivity (Wildman–Crippen MR) is 78.3 cm³/mol. The van der Waals surface area contributed by atoms with Crippen LogP contribution in [0.1, 0.15) is 15.9 Å². The van der Waals surface area contributed by atoms with E-state index < -0.39 is 0 Å². The van der Waals surface area contributed by atoms with Crippen LogP contribution < -0.4 is 5.32 Å². The van der Waals surface area contributed by atoms with Crippen LogP contribution in [0, 0.1) is 6.92 Å². The van der Waals surface area contributed by atoms with Crippen molar-refractivity contribution in [2.75, 3.05) is 5.32 Å². The number of hydrogen-bond acceptors (Lipinski definition) is 1. The van der Waals surface area contributed by atoms with Crippen molar-refractivity contribution in [3.05, 3.63) is 63.1 Å². The molecule has 0 aliphatic rings. The summed E-state index contributed by atoms with van der Waals surface area (Å²) >= 11 is 9.43. The zero-order valence-corrected chi connectivity index (χ0v) is 12.0. The number of nitrogens with one attached hydrogen (secondary N) is 1. The minimum Gasteiger partial charge on any atom is -0.320 e. The van der Waals surface area contributed by atoms with Crippen LogP contribution in [0.25, 0.3) is 0 Å². The molecule has 0 saturated carbocycles. The second-order valence-corrected chi connectivity index (χ2v) is 5.13. The molecule has 4 heteroatoms. The number of amides is 1. The van der Waals surface area contributed by atoms with Crippen molar-refractivity contribution < 1.29 is 4.79 Å². The first-order valence-corrected chi connectivity index (χ1v) is 6.57. The lowest BCUT2D eigenvalue weighted by molar-refractivity contribution is 0.102. The Kier molecular flexibility index (Phi) is 4.04. The summed E-state index contributed by atoms with van der Waals surface area (Å²) in [4.78, 5) is 12.1. The van der Waals surface area contributed by atoms with E-state index in [0.29, 0.717) is 16.3 Å². The molecule has 2 nitrogen and oxygen atoms in total. The molecule has 1 N–H and O–H groups in total. The quantitative estimate of drug-likeness (QED) is 0.855. The van der Waals surface area contributed by atoms with E-state index in [9.17, 15) is 4.79 Å². The number of benzene rings is 2. The Balaban J connectivity index is 2.30. The molecule has 0 bridgehead atoms. The Hall–Kier alpha value is -1.32. The van der Waals surface area contributed by atoms with E-state index in [1.807, 2.05) is 37.3 Å². The molecule has 2 rings (SSSR count). The van der Waals surface area contributed by atoms with Gasteiger partial charge in [-0.3, -0.25) is 4.79 Å². The van der Waals surface area contributed by atoms with E-state index in [1.54, 1.807) is 12.1 Å². The van der Waals surface area contributed by atoms with E-state index >= 15 is 0 Å². The molecule has 0 heterocycles. The average Bonchev–Trinajstić information content (AvgIpc) is 2.34. The summed E-state index contributed by atoms with van der Waals surface area (Å²) in [5, 5.41) is 3.37. The minimum atomic E-state index is -0.182. The van der Waals surface area contributed by atoms with Gasteiger partial charge in [0.05, 0.1) is 16.3 Å². The Morgan fingerprint density at radius 1 is 1.17 bits per heavy atom. The highest BCUT2D eigenvalue weighted by Crippen LogP contribution is 2.26. The average molecular weight is 325 g/mol. The molecule has 0 spiro atoms. The van der Waals surface area contributed by atoms with E-state index in [2.05, 4.69) is 21.2 Å². The molecule has 0 fully saturated rings. The van der Waals surface area contributed by atoms with Gasteiger partial charge in [0.2, 0.25) is 0 Å². The zero-order valence-electron chi connectivity index (χ0n) is 9.71. The van der Waals surface area contributed by atoms with Crippen molar-refractivity contribution in [2.24, 2.45) is 0 Å². The van der Waals surface area contributed by atoms with E-state index in [-0.39, 0.29) is 5.91 Å². The summed E-state index contributed by atoms with van der Waals surface area (Å²) < 4.78 is 0.757. The predicted octanol–water partition coefficient (Wildman–Crippen LogP) is 4.66. The van der Waals surface area contributed by atoms with Crippen LogP contribution in [0.2, 0.25) is 5.02 Å². The number of halogens is 2. The third-order valence-corrected chi connectivity index (χ3v) is 3.59. The highest BCUT2D eigenvalue weighted by atomic mass is 79.9. The van der Waals surface area contributed by atoms with Crippen LogP contribution in [-0.2, 0) is 0 Å². The maximum absolute atomic E-state index is 12.1. The summed E-state index contributed by atoms with van der Waals surface area (Å²) in [5.41, 5.74) is 2.17. The van der Waals surface area contributed by atoms with Crippen LogP contribution in [-0.4, -0.2) is 5.91 Å². The second kappa shape index (κ2) is 5.55. The first-order chi connectivity index (χ1) is 8.59. The molecule has 92 valence electrons. The van der Waals surface area contributed by atoms with E-state index in [4.69, 9.17) is 11.6 Å². The maximum Gasteiger partial charge on any atom is 0.256 e. The molecule has 2 aromatic rings. The number of carbonyl (C=O) groups excluding carboxylic acids is 1. The van der Waals surface area contributed by atoms with Crippen molar-refractivity contribution in [1.82, 2.24) is 0 Å². The van der Waals surface area contributed by atoms with Gasteiger partial charge in [-0.05, 0) is 46.6 Å². The molecule has 0 unspecified atom stereocenters. The monoisotopic (exact) mass is 323 g/mol. The smallest absolute Gasteiger partial charge is 0.256 e. The van der Waals surface area contributed by atoms with Gasteiger partial charge in [0.1, 0.15) is 0 Å². The Morgan fingerprint density at radius 2 is 1.89 bits per heavy atom. The van der Waals surface area contributed by atoms with Gasteiger partial charge in [-0.1, -0.05) is 35.9 Å². The summed E-state index contributed by atoms with van der Waals surface area (Å²) in [6.07, 6.45) is 0. The molecular formula is C14H11BrClNO. The Labute approximate surface area is 119 Å². The number of aryl methyl sites for hydroxylation is 1. The SMILES string of the molecule is Cc1cccc(Cl)c1NC(=O)c1ccccc1Br. The van der Waals surface area contributed by atoms with Gasteiger partial charge < -0.3 is 5.32 Å². The van der Waals surface area contributed by atoms with Crippen molar-refractivity contribution >= 4 is 39.1 Å². The standard InChI is InChI=1S/C14H11BrClNO/c1-9-5-4-8-12(16)13(9)17-14(18)10-6-2-3-7-11(10)15/h2-8H,1H3,(H,17,18). The largest absolute Gasteiger partial charge is 0.320 e. The fourth-order valence-electron chi connectivity index (χ4n) is 1.62. The zero-order chi connectivity index (χ0) is 13.1. The first-order valence-electron chi connectivity index (χ1n) is 5.40. The molecule has 0 aliphatic carbocycles. The molecular weight excluding hydrogens is 314 g/mol. The fraction of sp³-hybridized carbons (Fsp3) is 0.0714. The normalized spacial score (nSPS) is 10.2. The third-order valence-electron chi connectivity index (χ3n) is 2.58. The number of para-hydroxylation sites is 1. The molecule has 2 aromatic carbocycles. The fourth-order valence-corrected chi connectivity index (χ4v) is 2.35. The lowest BCUT2D eigenvalue weighted by Crippen LogP contribution is -2.13. The Bertz CT molecular complexity index is 578. The maximum atomic E-state index is 12.1. The minimum absolute atomic E-state index is 0.182. The number of carbonyl (C=O) groups is 1. The summed E-state index contributed by atoms with van der Waals surface area (Å²) in [7, 11) is 0. The summed E-state index contributed by atoms with van der Waals surface area (Å²) in [5.74, 6) is -0.182. The van der Waals surface area contributed by atoms with Crippen molar-refractivity contribution in [3.63, 3.8) is 0 Å². The summed E-state index contributed by atoms with van der Waals surface area (Å²) in [6.45, 7) is 1.90. The van der Waals surface area contributed by atoms with Crippen LogP contribution >= 0.6 is 27.5 Å². The van der Waals surface area contributed by atoms with Crippen LogP contribution in [0.5, 0.6) is 0 Å². The lowest BCUT2D eigenvalue weighted by atomic mass is 10.1. The van der Waals surface area contributed by atoms with E-state index in [1.165, 1.54) is 0 Å². The van der Waals surface area contributed by atoms with Gasteiger partial charge in [-0.15, -0.1) is 0 Å². The molecule has 0 saturated heterocycles. The van der Waals surface area contributed by atoms with E-state index in [0.717, 1.165) is 10.0 Å². The highest BCUT2D eigenvalue weighted by molar-refractivity contribution is 9.10. The van der Waals surface area contributed by atoms with Gasteiger partial charge in [-0.25, -0.2) is 0 Å². The molecule has 0 aliphatic heterocycles. The third kappa shape index (κ3) is 2.74. The summed E-state index contributed by atoms with van der Waals surface area (Å²) in [6, 6.07) is 12.8. The van der Waals surface area contributed by atoms with Gasteiger partial charge in [0, 0.05) is 4.47 Å². The van der Waals surface area contributed by atoms with Crippen molar-refractivity contribution in [2.45, 2.75) is 6.92 Å². The van der Waals surface area contributed by atoms with Gasteiger partial charge in [0.25, 0.3) is 5.91 Å². The van der Waals surface area contributed by atoms with Crippen molar-refractivity contribution in [1.29, 1.82) is 0 Å². The lowest BCUT2D eigenvalue weighted by Gasteiger charge is -2.11. The number of hydrogen-bond donors (Lipinski definition) is 1. The second-order valence-electron chi connectivity index (χ2n) is 3.87. The van der Waals surface area contributed by atoms with Crippen LogP contribution in [0.4, 0.5) is 5.69 Å². The molecule has 0 aromatic heterocycles. The van der Waals surface area contributed by atoms with Crippen LogP contribution in [0.15, 0.2) is 46.9 Å². The van der Waals surface area contributed by atoms with Gasteiger partial charge >= 0.3 is 0 Å². The first kappa shape index (κ1) is 13.1. The number of anilines is 1. The molecule has 0 radical (unpaired) electrons. The van der Waals surface area contributed by atoms with Gasteiger partial charge in [-0.2, -0.15) is 0 Å². The number of rotatable bonds is 2.